The maximum Gasteiger partial charge on any atom is 0.274 e. The molecule has 2 N–H and O–H groups in total. The van der Waals surface area contributed by atoms with Crippen LogP contribution < -0.4 is 5.32 Å². The number of aromatic nitrogens is 5. The Morgan fingerprint density at radius 1 is 1.30 bits per heavy atom. The summed E-state index contributed by atoms with van der Waals surface area (Å²) in [6.45, 7) is 0. The van der Waals surface area contributed by atoms with Crippen LogP contribution in [0.1, 0.15) is 40.6 Å². The van der Waals surface area contributed by atoms with Crippen molar-refractivity contribution in [2.75, 3.05) is 0 Å². The molecule has 0 aliphatic heterocycles. The third-order valence-electron chi connectivity index (χ3n) is 4.09. The second-order valence-corrected chi connectivity index (χ2v) is 5.61. The summed E-state index contributed by atoms with van der Waals surface area (Å²) < 4.78 is 1.59. The molecule has 4 rings (SSSR count). The summed E-state index contributed by atoms with van der Waals surface area (Å²) in [4.78, 5) is 12.4. The van der Waals surface area contributed by atoms with E-state index in [4.69, 9.17) is 0 Å². The molecule has 1 aromatic carbocycles. The molecule has 1 aliphatic carbocycles. The van der Waals surface area contributed by atoms with Crippen molar-refractivity contribution >= 4 is 5.91 Å². The van der Waals surface area contributed by atoms with Crippen LogP contribution in [0.4, 0.5) is 0 Å². The molecule has 3 aromatic rings. The second-order valence-electron chi connectivity index (χ2n) is 5.61. The van der Waals surface area contributed by atoms with Crippen LogP contribution in [0.3, 0.4) is 0 Å². The van der Waals surface area contributed by atoms with Crippen LogP contribution in [0.2, 0.25) is 0 Å². The maximum absolute atomic E-state index is 12.4. The van der Waals surface area contributed by atoms with E-state index in [1.54, 1.807) is 10.9 Å². The Balaban J connectivity index is 1.52. The molecule has 2 aromatic heterocycles. The van der Waals surface area contributed by atoms with Gasteiger partial charge >= 0.3 is 0 Å². The quantitative estimate of drug-likeness (QED) is 0.772. The van der Waals surface area contributed by atoms with Crippen molar-refractivity contribution in [3.63, 3.8) is 0 Å². The molecule has 0 fully saturated rings. The first-order valence-electron chi connectivity index (χ1n) is 7.62. The molecule has 0 radical (unpaired) electrons. The average Bonchev–Trinajstić information content (AvgIpc) is 3.25. The molecule has 2 heterocycles. The number of nitrogens with one attached hydrogen (secondary N) is 2. The van der Waals surface area contributed by atoms with Gasteiger partial charge in [0.05, 0.1) is 29.8 Å². The lowest BCUT2D eigenvalue weighted by Gasteiger charge is -2.22. The topological polar surface area (TPSA) is 88.5 Å². The SMILES string of the molecule is O=C(N[C@H]1CCCc2cn[nH]c21)c1cn(-c2ccccc2)nn1. The van der Waals surface area contributed by atoms with E-state index < -0.39 is 0 Å². The average molecular weight is 308 g/mol. The zero-order valence-electron chi connectivity index (χ0n) is 12.4. The maximum atomic E-state index is 12.4. The monoisotopic (exact) mass is 308 g/mol. The molecule has 7 nitrogen and oxygen atoms in total. The number of fused-ring (bicyclic) bond motifs is 1. The Hall–Kier alpha value is -2.96. The number of nitrogens with zero attached hydrogens (tertiary/aromatic N) is 4. The van der Waals surface area contributed by atoms with Crippen molar-refractivity contribution in [1.29, 1.82) is 0 Å². The van der Waals surface area contributed by atoms with Gasteiger partial charge in [-0.05, 0) is 37.0 Å². The third kappa shape index (κ3) is 2.61. The zero-order chi connectivity index (χ0) is 15.6. The number of carbonyl (C=O) groups excluding carboxylic acids is 1. The molecule has 1 atom stereocenters. The highest BCUT2D eigenvalue weighted by Crippen LogP contribution is 2.27. The number of rotatable bonds is 3. The lowest BCUT2D eigenvalue weighted by atomic mass is 9.93. The normalized spacial score (nSPS) is 16.8. The lowest BCUT2D eigenvalue weighted by Crippen LogP contribution is -2.31. The van der Waals surface area contributed by atoms with Crippen molar-refractivity contribution in [3.8, 4) is 5.69 Å². The largest absolute Gasteiger partial charge is 0.342 e. The number of H-pyrrole nitrogens is 1. The third-order valence-corrected chi connectivity index (χ3v) is 4.09. The predicted octanol–water partition coefficient (Wildman–Crippen LogP) is 1.80. The van der Waals surface area contributed by atoms with Gasteiger partial charge in [-0.3, -0.25) is 9.89 Å². The van der Waals surface area contributed by atoms with Gasteiger partial charge in [-0.1, -0.05) is 23.4 Å². The molecular weight excluding hydrogens is 292 g/mol. The van der Waals surface area contributed by atoms with Crippen LogP contribution >= 0.6 is 0 Å². The predicted molar refractivity (Wildman–Crippen MR) is 83.1 cm³/mol. The Morgan fingerprint density at radius 3 is 3.04 bits per heavy atom. The molecule has 1 amide bonds. The summed E-state index contributed by atoms with van der Waals surface area (Å²) >= 11 is 0. The fourth-order valence-electron chi connectivity index (χ4n) is 2.91. The minimum atomic E-state index is -0.223. The van der Waals surface area contributed by atoms with Crippen LogP contribution in [0.15, 0.2) is 42.7 Å². The summed E-state index contributed by atoms with van der Waals surface area (Å²) in [6, 6.07) is 9.54. The minimum absolute atomic E-state index is 0.0457. The van der Waals surface area contributed by atoms with E-state index in [0.717, 1.165) is 30.6 Å². The molecule has 23 heavy (non-hydrogen) atoms. The number of hydrogen-bond acceptors (Lipinski definition) is 4. The van der Waals surface area contributed by atoms with Crippen LogP contribution in [-0.4, -0.2) is 31.1 Å². The van der Waals surface area contributed by atoms with Crippen LogP contribution in [0.25, 0.3) is 5.69 Å². The van der Waals surface area contributed by atoms with Crippen molar-refractivity contribution in [2.45, 2.75) is 25.3 Å². The van der Waals surface area contributed by atoms with Crippen molar-refractivity contribution < 1.29 is 4.79 Å². The number of benzene rings is 1. The van der Waals surface area contributed by atoms with Crippen LogP contribution in [-0.2, 0) is 6.42 Å². The first kappa shape index (κ1) is 13.7. The van der Waals surface area contributed by atoms with Gasteiger partial charge in [0.15, 0.2) is 5.69 Å². The lowest BCUT2D eigenvalue weighted by molar-refractivity contribution is 0.0926. The molecule has 7 heteroatoms. The van der Waals surface area contributed by atoms with Crippen LogP contribution in [0.5, 0.6) is 0 Å². The summed E-state index contributed by atoms with van der Waals surface area (Å²) in [6.07, 6.45) is 6.41. The number of para-hydroxylation sites is 1. The highest BCUT2D eigenvalue weighted by Gasteiger charge is 2.24. The van der Waals surface area contributed by atoms with Crippen LogP contribution in [0, 0.1) is 0 Å². The van der Waals surface area contributed by atoms with E-state index in [0.29, 0.717) is 5.69 Å². The van der Waals surface area contributed by atoms with E-state index in [1.165, 1.54) is 5.56 Å². The first-order chi connectivity index (χ1) is 11.3. The smallest absolute Gasteiger partial charge is 0.274 e. The van der Waals surface area contributed by atoms with Gasteiger partial charge in [-0.15, -0.1) is 5.10 Å². The number of aromatic amines is 1. The van der Waals surface area contributed by atoms with Gasteiger partial charge in [-0.25, -0.2) is 4.68 Å². The van der Waals surface area contributed by atoms with E-state index in [1.807, 2.05) is 36.5 Å². The molecule has 0 unspecified atom stereocenters. The molecule has 0 saturated heterocycles. The number of aryl methyl sites for hydroxylation is 1. The van der Waals surface area contributed by atoms with E-state index in [9.17, 15) is 4.79 Å². The van der Waals surface area contributed by atoms with Gasteiger partial charge in [0.25, 0.3) is 5.91 Å². The van der Waals surface area contributed by atoms with E-state index in [-0.39, 0.29) is 11.9 Å². The van der Waals surface area contributed by atoms with E-state index >= 15 is 0 Å². The van der Waals surface area contributed by atoms with Gasteiger partial charge in [-0.2, -0.15) is 5.10 Å². The summed E-state index contributed by atoms with van der Waals surface area (Å²) in [7, 11) is 0. The molecule has 0 bridgehead atoms. The molecule has 116 valence electrons. The minimum Gasteiger partial charge on any atom is -0.342 e. The van der Waals surface area contributed by atoms with Crippen molar-refractivity contribution in [3.05, 3.63) is 59.7 Å². The van der Waals surface area contributed by atoms with Gasteiger partial charge in [0, 0.05) is 0 Å². The number of hydrogen-bond donors (Lipinski definition) is 2. The highest BCUT2D eigenvalue weighted by molar-refractivity contribution is 5.92. The summed E-state index contributed by atoms with van der Waals surface area (Å²) in [5.41, 5.74) is 3.35. The Labute approximate surface area is 132 Å². The molecular formula is C16H16N6O. The Morgan fingerprint density at radius 2 is 2.17 bits per heavy atom. The highest BCUT2D eigenvalue weighted by atomic mass is 16.2. The van der Waals surface area contributed by atoms with Crippen molar-refractivity contribution in [1.82, 2.24) is 30.5 Å². The Kier molecular flexibility index (Phi) is 3.38. The fourth-order valence-corrected chi connectivity index (χ4v) is 2.91. The molecule has 0 saturated carbocycles. The molecule has 0 spiro atoms. The Bertz CT molecular complexity index is 822. The standard InChI is InChI=1S/C16H16N6O/c23-16(18-13-8-4-5-11-9-17-20-15(11)13)14-10-22(21-19-14)12-6-2-1-3-7-12/h1-3,6-7,9-10,13H,4-5,8H2,(H,17,20)(H,18,23)/t13-/m0/s1. The van der Waals surface area contributed by atoms with Gasteiger partial charge < -0.3 is 5.32 Å². The number of carbonyl (C=O) groups is 1. The zero-order valence-corrected chi connectivity index (χ0v) is 12.4. The van der Waals surface area contributed by atoms with E-state index in [2.05, 4.69) is 25.8 Å². The first-order valence-corrected chi connectivity index (χ1v) is 7.62. The van der Waals surface area contributed by atoms with Crippen molar-refractivity contribution in [2.24, 2.45) is 0 Å². The fraction of sp³-hybridized carbons (Fsp3) is 0.250. The number of amides is 1. The summed E-state index contributed by atoms with van der Waals surface area (Å²) in [5.74, 6) is -0.223. The molecule has 1 aliphatic rings. The summed E-state index contributed by atoms with van der Waals surface area (Å²) in [5, 5.41) is 18.1. The van der Waals surface area contributed by atoms with Gasteiger partial charge in [0.1, 0.15) is 0 Å². The second kappa shape index (κ2) is 5.68. The van der Waals surface area contributed by atoms with Gasteiger partial charge in [0.2, 0.25) is 0 Å².